The number of likely N-dealkylation sites (N-methyl/N-ethyl adjacent to an activating group) is 1. The van der Waals surface area contributed by atoms with Gasteiger partial charge in [0.1, 0.15) is 4.90 Å². The molecule has 1 saturated carbocycles. The Hall–Kier alpha value is -3.84. The zero-order valence-corrected chi connectivity index (χ0v) is 26.5. The van der Waals surface area contributed by atoms with Gasteiger partial charge in [0, 0.05) is 57.2 Å². The third-order valence-corrected chi connectivity index (χ3v) is 11.7. The minimum Gasteiger partial charge on any atom is -0.364 e. The Morgan fingerprint density at radius 2 is 1.64 bits per heavy atom. The van der Waals surface area contributed by atoms with Crippen LogP contribution in [0.25, 0.3) is 38.5 Å². The predicted octanol–water partition coefficient (Wildman–Crippen LogP) is 8.14. The molecule has 4 aromatic carbocycles. The Labute approximate surface area is 262 Å². The van der Waals surface area contributed by atoms with E-state index in [4.69, 9.17) is 11.6 Å². The number of aryl methyl sites for hydroxylation is 2. The van der Waals surface area contributed by atoms with Crippen LogP contribution in [-0.2, 0) is 17.2 Å². The highest BCUT2D eigenvalue weighted by molar-refractivity contribution is 7.86. The van der Waals surface area contributed by atoms with E-state index in [0.29, 0.717) is 17.2 Å². The molecule has 1 fully saturated rings. The Kier molecular flexibility index (Phi) is 6.19. The van der Waals surface area contributed by atoms with Crippen molar-refractivity contribution in [3.63, 3.8) is 0 Å². The zero-order valence-electron chi connectivity index (χ0n) is 24.9. The minimum atomic E-state index is -4.35. The second-order valence-electron chi connectivity index (χ2n) is 12.6. The van der Waals surface area contributed by atoms with Crippen molar-refractivity contribution < 1.29 is 13.0 Å². The van der Waals surface area contributed by atoms with Crippen molar-refractivity contribution in [2.24, 2.45) is 18.9 Å². The fourth-order valence-corrected chi connectivity index (χ4v) is 9.26. The molecule has 3 unspecified atom stereocenters. The molecule has 0 radical (unpaired) electrons. The molecule has 3 atom stereocenters. The van der Waals surface area contributed by atoms with Gasteiger partial charge in [-0.1, -0.05) is 72.3 Å². The number of aromatic nitrogens is 1. The van der Waals surface area contributed by atoms with E-state index in [1.54, 1.807) is 12.1 Å². The molecule has 0 saturated heterocycles. The van der Waals surface area contributed by atoms with Gasteiger partial charge >= 0.3 is 0 Å². The summed E-state index contributed by atoms with van der Waals surface area (Å²) < 4.78 is 36.1. The molecule has 222 valence electrons. The number of fused-ring (bicyclic) bond motifs is 2. The molecule has 0 spiro atoms. The standard InChI is InChI=1S/C37H33ClN2O3S/c1-21-10-15-32-35-24(21)6-4-7-27(35)30(39(32)2)16-13-25-22-11-12-23(20-22)26(37(25)38)14-17-31-28-8-5-9-29-34(44(41,42)43)19-18-33(36(28)29)40(31)3/h4-10,13-19,22-23,30H,11-12,20H2,1-3H3,(H,41,42,43)/b16-13+,26-14+,31-17-. The van der Waals surface area contributed by atoms with Gasteiger partial charge in [-0.3, -0.25) is 4.55 Å². The molecule has 1 N–H and O–H groups in total. The van der Waals surface area contributed by atoms with Gasteiger partial charge in [0.2, 0.25) is 0 Å². The lowest BCUT2D eigenvalue weighted by Crippen LogP contribution is -2.18. The number of benzene rings is 4. The maximum Gasteiger partial charge on any atom is 0.295 e. The van der Waals surface area contributed by atoms with E-state index in [0.717, 1.165) is 45.9 Å². The third-order valence-electron chi connectivity index (χ3n) is 10.3. The summed E-state index contributed by atoms with van der Waals surface area (Å²) in [7, 11) is -0.182. The smallest absolute Gasteiger partial charge is 0.295 e. The summed E-state index contributed by atoms with van der Waals surface area (Å²) in [4.78, 5) is 2.30. The molecule has 1 aliphatic heterocycles. The molecule has 8 rings (SSSR count). The highest BCUT2D eigenvalue weighted by atomic mass is 35.5. The maximum atomic E-state index is 12.1. The van der Waals surface area contributed by atoms with Gasteiger partial charge in [-0.25, -0.2) is 0 Å². The Bertz CT molecular complexity index is 2310. The first-order chi connectivity index (χ1) is 21.1. The molecule has 3 aliphatic rings. The van der Waals surface area contributed by atoms with Gasteiger partial charge in [-0.05, 0) is 90.0 Å². The largest absolute Gasteiger partial charge is 0.364 e. The monoisotopic (exact) mass is 620 g/mol. The second-order valence-corrected chi connectivity index (χ2v) is 14.3. The van der Waals surface area contributed by atoms with Crippen LogP contribution in [0.4, 0.5) is 5.69 Å². The molecule has 5 aromatic rings. The van der Waals surface area contributed by atoms with Crippen LogP contribution in [0.15, 0.2) is 100.0 Å². The van der Waals surface area contributed by atoms with E-state index >= 15 is 0 Å². The molecular weight excluding hydrogens is 588 g/mol. The van der Waals surface area contributed by atoms with Crippen LogP contribution >= 0.6 is 11.6 Å². The van der Waals surface area contributed by atoms with E-state index in [-0.39, 0.29) is 10.9 Å². The average molecular weight is 621 g/mol. The number of hydrogen-bond acceptors (Lipinski definition) is 3. The number of halogens is 1. The van der Waals surface area contributed by atoms with Gasteiger partial charge in [0.25, 0.3) is 10.1 Å². The van der Waals surface area contributed by atoms with Crippen LogP contribution in [-0.4, -0.2) is 24.6 Å². The topological polar surface area (TPSA) is 62.5 Å². The summed E-state index contributed by atoms with van der Waals surface area (Å²) in [6, 6.07) is 20.1. The summed E-state index contributed by atoms with van der Waals surface area (Å²) in [5.74, 6) is 0.888. The predicted molar refractivity (Wildman–Crippen MR) is 181 cm³/mol. The molecule has 44 heavy (non-hydrogen) atoms. The third kappa shape index (κ3) is 3.97. The minimum absolute atomic E-state index is 0.0693. The number of allylic oxidation sites excluding steroid dienone is 5. The van der Waals surface area contributed by atoms with Crippen molar-refractivity contribution in [2.75, 3.05) is 11.9 Å². The normalized spacial score (nSPS) is 23.2. The Morgan fingerprint density at radius 1 is 0.886 bits per heavy atom. The van der Waals surface area contributed by atoms with Crippen LogP contribution in [0.5, 0.6) is 0 Å². The van der Waals surface area contributed by atoms with Crippen molar-refractivity contribution in [3.8, 4) is 0 Å². The van der Waals surface area contributed by atoms with Crippen LogP contribution < -0.4 is 10.2 Å². The first-order valence-corrected chi connectivity index (χ1v) is 17.0. The van der Waals surface area contributed by atoms with Gasteiger partial charge in [-0.15, -0.1) is 0 Å². The van der Waals surface area contributed by atoms with Crippen molar-refractivity contribution in [1.29, 1.82) is 0 Å². The SMILES string of the molecule is Cc1ccc2c3c(cccc13)C(/C=C/C1=C(Cl)C(=C/C=c3/c4cccc5c(S(=O)(=O)O)ccc(c54)n3C)/C3CCC1C3)N2C. The quantitative estimate of drug-likeness (QED) is 0.206. The molecule has 2 heterocycles. The maximum absolute atomic E-state index is 12.1. The number of anilines is 1. The van der Waals surface area contributed by atoms with Crippen LogP contribution in [0.1, 0.15) is 36.4 Å². The highest BCUT2D eigenvalue weighted by Crippen LogP contribution is 2.51. The van der Waals surface area contributed by atoms with Crippen LogP contribution in [0.2, 0.25) is 0 Å². The first kappa shape index (κ1) is 27.7. The van der Waals surface area contributed by atoms with Crippen molar-refractivity contribution in [3.05, 3.63) is 112 Å². The van der Waals surface area contributed by atoms with Gasteiger partial charge in [-0.2, -0.15) is 8.42 Å². The summed E-state index contributed by atoms with van der Waals surface area (Å²) in [6.45, 7) is 2.18. The van der Waals surface area contributed by atoms with E-state index in [9.17, 15) is 13.0 Å². The van der Waals surface area contributed by atoms with E-state index in [2.05, 4.69) is 78.1 Å². The van der Waals surface area contributed by atoms with Gasteiger partial charge in [0.05, 0.1) is 6.04 Å². The summed E-state index contributed by atoms with van der Waals surface area (Å²) >= 11 is 7.26. The molecule has 7 heteroatoms. The lowest BCUT2D eigenvalue weighted by atomic mass is 9.84. The van der Waals surface area contributed by atoms with Gasteiger partial charge in [0.15, 0.2) is 0 Å². The van der Waals surface area contributed by atoms with Crippen LogP contribution in [0.3, 0.4) is 0 Å². The fraction of sp³-hybridized carbons (Fsp3) is 0.243. The lowest BCUT2D eigenvalue weighted by molar-refractivity contribution is 0.484. The number of hydrogen-bond donors (Lipinski definition) is 1. The van der Waals surface area contributed by atoms with E-state index in [1.807, 2.05) is 19.2 Å². The van der Waals surface area contributed by atoms with Crippen molar-refractivity contribution in [2.45, 2.75) is 37.1 Å². The van der Waals surface area contributed by atoms with E-state index in [1.165, 1.54) is 44.8 Å². The molecule has 0 amide bonds. The van der Waals surface area contributed by atoms with Gasteiger partial charge < -0.3 is 9.47 Å². The number of nitrogens with zero attached hydrogens (tertiary/aromatic N) is 2. The van der Waals surface area contributed by atoms with Crippen LogP contribution in [0, 0.1) is 18.8 Å². The lowest BCUT2D eigenvalue weighted by Gasteiger charge is -2.25. The number of rotatable bonds is 4. The Morgan fingerprint density at radius 3 is 2.45 bits per heavy atom. The summed E-state index contributed by atoms with van der Waals surface area (Å²) in [5.41, 5.74) is 7.22. The van der Waals surface area contributed by atoms with Crippen molar-refractivity contribution in [1.82, 2.24) is 4.57 Å². The zero-order chi connectivity index (χ0) is 30.5. The molecule has 2 bridgehead atoms. The molecule has 1 aromatic heterocycles. The second kappa shape index (κ2) is 9.83. The molecule has 5 nitrogen and oxygen atoms in total. The van der Waals surface area contributed by atoms with Crippen molar-refractivity contribution >= 4 is 65.9 Å². The fourth-order valence-electron chi connectivity index (χ4n) is 8.14. The van der Waals surface area contributed by atoms with E-state index < -0.39 is 10.1 Å². The summed E-state index contributed by atoms with van der Waals surface area (Å²) in [5, 5.41) is 6.79. The first-order valence-electron chi connectivity index (χ1n) is 15.2. The Balaban J connectivity index is 1.22. The summed E-state index contributed by atoms with van der Waals surface area (Å²) in [6.07, 6.45) is 12.2. The highest BCUT2D eigenvalue weighted by Gasteiger charge is 2.37. The molecular formula is C37H33ClN2O3S. The average Bonchev–Trinajstić information content (AvgIpc) is 3.64. The molecule has 2 aliphatic carbocycles.